The summed E-state index contributed by atoms with van der Waals surface area (Å²) >= 11 is 0. The van der Waals surface area contributed by atoms with Crippen molar-refractivity contribution in [3.8, 4) is 0 Å². The molecule has 0 saturated carbocycles. The molecule has 188 valence electrons. The molecule has 4 aromatic carbocycles. The van der Waals surface area contributed by atoms with Crippen molar-refractivity contribution >= 4 is 32.9 Å². The molecule has 0 radical (unpaired) electrons. The Bertz CT molecular complexity index is 1540. The van der Waals surface area contributed by atoms with Crippen LogP contribution in [0.25, 0.3) is 21.5 Å². The number of aliphatic imine (C=N–C) groups is 1. The highest BCUT2D eigenvalue weighted by Gasteiger charge is 2.40. The highest BCUT2D eigenvalue weighted by atomic mass is 15.2. The van der Waals surface area contributed by atoms with E-state index < -0.39 is 0 Å². The average molecular weight is 487 g/mol. The molecule has 0 spiro atoms. The molecule has 4 aromatic rings. The van der Waals surface area contributed by atoms with Gasteiger partial charge in [-0.2, -0.15) is 0 Å². The van der Waals surface area contributed by atoms with Crippen molar-refractivity contribution in [1.82, 2.24) is 0 Å². The summed E-state index contributed by atoms with van der Waals surface area (Å²) < 4.78 is 0. The average Bonchev–Trinajstić information content (AvgIpc) is 3.13. The first kappa shape index (κ1) is 25.0. The molecule has 1 aliphatic heterocycles. The smallest absolute Gasteiger partial charge is 0.0456 e. The quantitative estimate of drug-likeness (QED) is 0.248. The van der Waals surface area contributed by atoms with Gasteiger partial charge in [0.2, 0.25) is 0 Å². The molecule has 0 unspecified atom stereocenters. The highest BCUT2D eigenvalue weighted by molar-refractivity contribution is 6.06. The van der Waals surface area contributed by atoms with Crippen molar-refractivity contribution in [3.63, 3.8) is 0 Å². The van der Waals surface area contributed by atoms with Gasteiger partial charge in [-0.1, -0.05) is 107 Å². The van der Waals surface area contributed by atoms with Crippen LogP contribution >= 0.6 is 0 Å². The fourth-order valence-corrected chi connectivity index (χ4v) is 6.14. The number of benzene rings is 4. The molecule has 0 saturated heterocycles. The van der Waals surface area contributed by atoms with Gasteiger partial charge in [0.1, 0.15) is 0 Å². The monoisotopic (exact) mass is 486 g/mol. The molecule has 0 aliphatic carbocycles. The molecule has 0 fully saturated rings. The van der Waals surface area contributed by atoms with Gasteiger partial charge in [0, 0.05) is 41.0 Å². The van der Waals surface area contributed by atoms with E-state index in [-0.39, 0.29) is 10.8 Å². The lowest BCUT2D eigenvalue weighted by Crippen LogP contribution is -2.28. The molecule has 2 nitrogen and oxygen atoms in total. The van der Waals surface area contributed by atoms with Crippen molar-refractivity contribution < 1.29 is 0 Å². The number of anilines is 1. The van der Waals surface area contributed by atoms with E-state index in [9.17, 15) is 0 Å². The molecule has 0 N–H and O–H groups in total. The summed E-state index contributed by atoms with van der Waals surface area (Å²) in [4.78, 5) is 7.46. The van der Waals surface area contributed by atoms with Crippen LogP contribution in [0.1, 0.15) is 52.7 Å². The minimum absolute atomic E-state index is 0.0935. The second-order valence-electron chi connectivity index (χ2n) is 11.0. The zero-order valence-electron chi connectivity index (χ0n) is 23.0. The van der Waals surface area contributed by atoms with Crippen LogP contribution in [-0.4, -0.2) is 18.8 Å². The molecule has 0 bridgehead atoms. The van der Waals surface area contributed by atoms with Crippen LogP contribution in [0.3, 0.4) is 0 Å². The van der Waals surface area contributed by atoms with Gasteiger partial charge in [0.25, 0.3) is 0 Å². The lowest BCUT2D eigenvalue weighted by Gasteiger charge is -2.28. The predicted molar refractivity (Wildman–Crippen MR) is 162 cm³/mol. The largest absolute Gasteiger partial charge is 0.344 e. The van der Waals surface area contributed by atoms with Gasteiger partial charge in [0.05, 0.1) is 0 Å². The van der Waals surface area contributed by atoms with Crippen molar-refractivity contribution in [3.05, 3.63) is 114 Å². The lowest BCUT2D eigenvalue weighted by molar-refractivity contribution is 0.638. The minimum atomic E-state index is -0.222. The van der Waals surface area contributed by atoms with Gasteiger partial charge in [-0.05, 0) is 64.7 Å². The SMILES string of the molecule is CC\N=C(/C=C/C=C1/N(CC)c2ccc3ccccc3c2C1(C)C)C(C)(C)c1cccc2ccccc12. The van der Waals surface area contributed by atoms with Crippen LogP contribution in [0.4, 0.5) is 5.69 Å². The first-order valence-electron chi connectivity index (χ1n) is 13.5. The van der Waals surface area contributed by atoms with Gasteiger partial charge in [-0.3, -0.25) is 4.99 Å². The molecule has 5 rings (SSSR count). The Morgan fingerprint density at radius 2 is 1.49 bits per heavy atom. The van der Waals surface area contributed by atoms with Gasteiger partial charge >= 0.3 is 0 Å². The maximum Gasteiger partial charge on any atom is 0.0456 e. The summed E-state index contributed by atoms with van der Waals surface area (Å²) in [5.74, 6) is 0. The normalized spacial score (nSPS) is 16.9. The number of likely N-dealkylation sites (N-methyl/N-ethyl adjacent to an activating group) is 1. The number of hydrogen-bond donors (Lipinski definition) is 0. The van der Waals surface area contributed by atoms with Crippen LogP contribution in [0.5, 0.6) is 0 Å². The number of allylic oxidation sites excluding steroid dienone is 4. The Morgan fingerprint density at radius 3 is 2.19 bits per heavy atom. The van der Waals surface area contributed by atoms with Crippen LogP contribution in [0.2, 0.25) is 0 Å². The fourth-order valence-electron chi connectivity index (χ4n) is 6.14. The molecule has 1 heterocycles. The molecule has 0 aromatic heterocycles. The Hall–Kier alpha value is -3.65. The van der Waals surface area contributed by atoms with E-state index in [1.807, 2.05) is 0 Å². The fraction of sp³-hybridized carbons (Fsp3) is 0.286. The van der Waals surface area contributed by atoms with Crippen LogP contribution < -0.4 is 4.90 Å². The van der Waals surface area contributed by atoms with Crippen molar-refractivity contribution in [2.75, 3.05) is 18.0 Å². The summed E-state index contributed by atoms with van der Waals surface area (Å²) in [5, 5.41) is 5.21. The maximum absolute atomic E-state index is 4.99. The Balaban J connectivity index is 1.56. The van der Waals surface area contributed by atoms with Crippen LogP contribution in [-0.2, 0) is 10.8 Å². The second-order valence-corrected chi connectivity index (χ2v) is 11.0. The van der Waals surface area contributed by atoms with Crippen molar-refractivity contribution in [1.29, 1.82) is 0 Å². The second kappa shape index (κ2) is 9.67. The molecule has 37 heavy (non-hydrogen) atoms. The Kier molecular flexibility index (Phi) is 6.54. The lowest BCUT2D eigenvalue weighted by atomic mass is 9.77. The highest BCUT2D eigenvalue weighted by Crippen LogP contribution is 2.50. The minimum Gasteiger partial charge on any atom is -0.344 e. The van der Waals surface area contributed by atoms with E-state index in [0.717, 1.165) is 18.8 Å². The third kappa shape index (κ3) is 4.19. The van der Waals surface area contributed by atoms with E-state index in [1.54, 1.807) is 0 Å². The van der Waals surface area contributed by atoms with Crippen molar-refractivity contribution in [2.24, 2.45) is 4.99 Å². The summed E-state index contributed by atoms with van der Waals surface area (Å²) in [5.41, 5.74) is 6.17. The summed E-state index contributed by atoms with van der Waals surface area (Å²) in [6.45, 7) is 15.3. The Morgan fingerprint density at radius 1 is 0.838 bits per heavy atom. The number of hydrogen-bond acceptors (Lipinski definition) is 2. The number of nitrogens with zero attached hydrogens (tertiary/aromatic N) is 2. The summed E-state index contributed by atoms with van der Waals surface area (Å²) in [7, 11) is 0. The predicted octanol–water partition coefficient (Wildman–Crippen LogP) is 8.99. The third-order valence-corrected chi connectivity index (χ3v) is 8.01. The van der Waals surface area contributed by atoms with Gasteiger partial charge < -0.3 is 4.90 Å². The molecule has 2 heteroatoms. The standard InChI is InChI=1S/C35H38N2/c1-7-36-31(34(3,4)29-20-13-17-25-15-9-11-18-27(25)29)21-14-22-32-35(5,6)33-28-19-12-10-16-26(28)23-24-30(33)37(32)8-2/h9-24H,7-8H2,1-6H3/b21-14+,32-22+,36-31+. The first-order chi connectivity index (χ1) is 17.8. The number of rotatable bonds is 6. The van der Waals surface area contributed by atoms with Crippen LogP contribution in [0, 0.1) is 0 Å². The van der Waals surface area contributed by atoms with E-state index >= 15 is 0 Å². The summed E-state index contributed by atoms with van der Waals surface area (Å²) in [6.07, 6.45) is 6.75. The molecular weight excluding hydrogens is 448 g/mol. The van der Waals surface area contributed by atoms with E-state index in [2.05, 4.69) is 144 Å². The molecule has 1 aliphatic rings. The van der Waals surface area contributed by atoms with E-state index in [4.69, 9.17) is 4.99 Å². The molecule has 0 amide bonds. The van der Waals surface area contributed by atoms with E-state index in [0.29, 0.717) is 0 Å². The topological polar surface area (TPSA) is 15.6 Å². The zero-order valence-corrected chi connectivity index (χ0v) is 23.0. The van der Waals surface area contributed by atoms with Gasteiger partial charge in [-0.15, -0.1) is 0 Å². The molecule has 0 atom stereocenters. The van der Waals surface area contributed by atoms with Crippen molar-refractivity contribution in [2.45, 2.75) is 52.4 Å². The number of fused-ring (bicyclic) bond motifs is 4. The van der Waals surface area contributed by atoms with E-state index in [1.165, 1.54) is 44.1 Å². The van der Waals surface area contributed by atoms with Gasteiger partial charge in [-0.25, -0.2) is 0 Å². The first-order valence-corrected chi connectivity index (χ1v) is 13.5. The summed E-state index contributed by atoms with van der Waals surface area (Å²) in [6, 6.07) is 28.6. The van der Waals surface area contributed by atoms with Crippen LogP contribution in [0.15, 0.2) is 108 Å². The third-order valence-electron chi connectivity index (χ3n) is 8.01. The zero-order chi connectivity index (χ0) is 26.2. The van der Waals surface area contributed by atoms with Gasteiger partial charge in [0.15, 0.2) is 0 Å². The maximum atomic E-state index is 4.99. The Labute approximate surface area is 222 Å². The molecular formula is C35H38N2.